The van der Waals surface area contributed by atoms with Crippen LogP contribution in [-0.4, -0.2) is 34.7 Å². The zero-order valence-electron chi connectivity index (χ0n) is 18.5. The molecule has 0 aliphatic carbocycles. The van der Waals surface area contributed by atoms with Gasteiger partial charge in [0.25, 0.3) is 11.5 Å². The van der Waals surface area contributed by atoms with Crippen LogP contribution in [0.3, 0.4) is 0 Å². The molecular weight excluding hydrogens is 422 g/mol. The molecule has 1 N–H and O–H groups in total. The summed E-state index contributed by atoms with van der Waals surface area (Å²) in [6.07, 6.45) is 1.99. The van der Waals surface area contributed by atoms with Gasteiger partial charge >= 0.3 is 0 Å². The predicted molar refractivity (Wildman–Crippen MR) is 128 cm³/mol. The fourth-order valence-electron chi connectivity index (χ4n) is 3.73. The third kappa shape index (κ3) is 5.40. The average Bonchev–Trinajstić information content (AvgIpc) is 3.32. The van der Waals surface area contributed by atoms with Crippen molar-refractivity contribution in [3.63, 3.8) is 0 Å². The third-order valence-electron chi connectivity index (χ3n) is 5.47. The van der Waals surface area contributed by atoms with Gasteiger partial charge in [-0.25, -0.2) is 4.98 Å². The molecule has 0 bridgehead atoms. The van der Waals surface area contributed by atoms with E-state index < -0.39 is 0 Å². The van der Waals surface area contributed by atoms with Crippen molar-refractivity contribution in [1.29, 1.82) is 0 Å². The largest absolute Gasteiger partial charge is 0.376 e. The summed E-state index contributed by atoms with van der Waals surface area (Å²) in [7, 11) is 0. The van der Waals surface area contributed by atoms with Crippen molar-refractivity contribution < 1.29 is 9.53 Å². The standard InChI is InChI=1S/C25H29N3O3S/c1-17(2)14-26-23(29)19-10-11-21-22(13-19)27-25(32-16-18-7-4-3-5-8-18)28(24(21)30)15-20-9-6-12-31-20/h3-5,7-8,10-11,13,17,20H,6,9,12,14-16H2,1-2H3,(H,26,29). The summed E-state index contributed by atoms with van der Waals surface area (Å²) >= 11 is 1.54. The molecule has 2 heterocycles. The molecule has 7 heteroatoms. The number of aromatic nitrogens is 2. The zero-order chi connectivity index (χ0) is 22.5. The van der Waals surface area contributed by atoms with Crippen LogP contribution in [0.15, 0.2) is 58.5 Å². The van der Waals surface area contributed by atoms with Gasteiger partial charge < -0.3 is 10.1 Å². The highest BCUT2D eigenvalue weighted by molar-refractivity contribution is 7.98. The highest BCUT2D eigenvalue weighted by Crippen LogP contribution is 2.24. The van der Waals surface area contributed by atoms with Crippen LogP contribution >= 0.6 is 11.8 Å². The Labute approximate surface area is 192 Å². The maximum atomic E-state index is 13.4. The maximum absolute atomic E-state index is 13.4. The number of fused-ring (bicyclic) bond motifs is 1. The lowest BCUT2D eigenvalue weighted by atomic mass is 10.1. The summed E-state index contributed by atoms with van der Waals surface area (Å²) in [6.45, 7) is 5.94. The molecular formula is C25H29N3O3S. The van der Waals surface area contributed by atoms with E-state index in [2.05, 4.69) is 31.3 Å². The molecule has 1 amide bonds. The number of nitrogens with zero attached hydrogens (tertiary/aromatic N) is 2. The molecule has 2 aromatic carbocycles. The molecule has 0 radical (unpaired) electrons. The second-order valence-corrected chi connectivity index (χ2v) is 9.50. The Morgan fingerprint density at radius 2 is 2.06 bits per heavy atom. The normalized spacial score (nSPS) is 16.0. The number of thioether (sulfide) groups is 1. The second kappa shape index (κ2) is 10.3. The van der Waals surface area contributed by atoms with Gasteiger partial charge in [0.15, 0.2) is 5.16 Å². The van der Waals surface area contributed by atoms with Gasteiger partial charge in [0, 0.05) is 24.5 Å². The van der Waals surface area contributed by atoms with Crippen LogP contribution in [0.4, 0.5) is 0 Å². The van der Waals surface area contributed by atoms with Crippen molar-refractivity contribution in [2.45, 2.75) is 50.2 Å². The Kier molecular flexibility index (Phi) is 7.27. The van der Waals surface area contributed by atoms with Crippen LogP contribution in [0, 0.1) is 5.92 Å². The molecule has 0 spiro atoms. The number of nitrogens with one attached hydrogen (secondary N) is 1. The highest BCUT2D eigenvalue weighted by Gasteiger charge is 2.21. The maximum Gasteiger partial charge on any atom is 0.262 e. The summed E-state index contributed by atoms with van der Waals surface area (Å²) in [5, 5.41) is 4.10. The number of hydrogen-bond acceptors (Lipinski definition) is 5. The second-order valence-electron chi connectivity index (χ2n) is 8.56. The summed E-state index contributed by atoms with van der Waals surface area (Å²) in [5.74, 6) is 0.923. The molecule has 0 saturated carbocycles. The molecule has 1 aliphatic rings. The Balaban J connectivity index is 1.68. The molecule has 1 atom stereocenters. The van der Waals surface area contributed by atoms with Gasteiger partial charge in [0.2, 0.25) is 0 Å². The van der Waals surface area contributed by atoms with Gasteiger partial charge in [0.1, 0.15) is 0 Å². The fourth-order valence-corrected chi connectivity index (χ4v) is 4.69. The summed E-state index contributed by atoms with van der Waals surface area (Å²) in [6, 6.07) is 15.3. The number of rotatable bonds is 8. The quantitative estimate of drug-likeness (QED) is 0.409. The number of carbonyl (C=O) groups is 1. The highest BCUT2D eigenvalue weighted by atomic mass is 32.2. The monoisotopic (exact) mass is 451 g/mol. The molecule has 4 rings (SSSR count). The van der Waals surface area contributed by atoms with E-state index in [1.165, 1.54) is 11.8 Å². The van der Waals surface area contributed by atoms with Crippen molar-refractivity contribution >= 4 is 28.6 Å². The first kappa shape index (κ1) is 22.6. The van der Waals surface area contributed by atoms with Crippen LogP contribution in [0.1, 0.15) is 42.6 Å². The first-order valence-electron chi connectivity index (χ1n) is 11.1. The minimum absolute atomic E-state index is 0.0316. The lowest BCUT2D eigenvalue weighted by molar-refractivity contribution is 0.0937. The van der Waals surface area contributed by atoms with E-state index in [9.17, 15) is 9.59 Å². The third-order valence-corrected chi connectivity index (χ3v) is 6.52. The average molecular weight is 452 g/mol. The van der Waals surface area contributed by atoms with Gasteiger partial charge in [-0.2, -0.15) is 0 Å². The lowest BCUT2D eigenvalue weighted by Crippen LogP contribution is -2.29. The summed E-state index contributed by atoms with van der Waals surface area (Å²) < 4.78 is 7.53. The fraction of sp³-hybridized carbons (Fsp3) is 0.400. The van der Waals surface area contributed by atoms with Gasteiger partial charge in [-0.1, -0.05) is 55.9 Å². The number of amides is 1. The first-order chi connectivity index (χ1) is 15.5. The predicted octanol–water partition coefficient (Wildman–Crippen LogP) is 4.25. The Morgan fingerprint density at radius 1 is 1.25 bits per heavy atom. The van der Waals surface area contributed by atoms with Gasteiger partial charge in [-0.15, -0.1) is 0 Å². The van der Waals surface area contributed by atoms with Crippen LogP contribution in [0.2, 0.25) is 0 Å². The van der Waals surface area contributed by atoms with Crippen LogP contribution in [-0.2, 0) is 17.0 Å². The summed E-state index contributed by atoms with van der Waals surface area (Å²) in [5.41, 5.74) is 2.14. The van der Waals surface area contributed by atoms with Crippen LogP contribution in [0.25, 0.3) is 10.9 Å². The van der Waals surface area contributed by atoms with E-state index in [1.807, 2.05) is 18.2 Å². The van der Waals surface area contributed by atoms with E-state index >= 15 is 0 Å². The molecule has 168 valence electrons. The minimum Gasteiger partial charge on any atom is -0.376 e. The van der Waals surface area contributed by atoms with Crippen molar-refractivity contribution in [2.24, 2.45) is 5.92 Å². The van der Waals surface area contributed by atoms with E-state index in [0.29, 0.717) is 46.4 Å². The number of benzene rings is 2. The van der Waals surface area contributed by atoms with E-state index in [-0.39, 0.29) is 17.6 Å². The van der Waals surface area contributed by atoms with Crippen LogP contribution in [0.5, 0.6) is 0 Å². The first-order valence-corrected chi connectivity index (χ1v) is 12.1. The number of carbonyl (C=O) groups excluding carboxylic acids is 1. The molecule has 1 fully saturated rings. The van der Waals surface area contributed by atoms with Crippen molar-refractivity contribution in [1.82, 2.24) is 14.9 Å². The SMILES string of the molecule is CC(C)CNC(=O)c1ccc2c(=O)n(CC3CCCO3)c(SCc3ccccc3)nc2c1. The van der Waals surface area contributed by atoms with E-state index in [4.69, 9.17) is 9.72 Å². The van der Waals surface area contributed by atoms with Crippen molar-refractivity contribution in [3.05, 3.63) is 70.0 Å². The molecule has 1 aromatic heterocycles. The Hall–Kier alpha value is -2.64. The van der Waals surface area contributed by atoms with Gasteiger partial charge in [-0.05, 0) is 42.5 Å². The van der Waals surface area contributed by atoms with E-state index in [0.717, 1.165) is 25.0 Å². The van der Waals surface area contributed by atoms with Crippen LogP contribution < -0.4 is 10.9 Å². The topological polar surface area (TPSA) is 73.2 Å². The summed E-state index contributed by atoms with van der Waals surface area (Å²) in [4.78, 5) is 30.7. The minimum atomic E-state index is -0.149. The van der Waals surface area contributed by atoms with Gasteiger partial charge in [-0.3, -0.25) is 14.2 Å². The zero-order valence-corrected chi connectivity index (χ0v) is 19.4. The van der Waals surface area contributed by atoms with Gasteiger partial charge in [0.05, 0.1) is 23.6 Å². The molecule has 32 heavy (non-hydrogen) atoms. The molecule has 1 aliphatic heterocycles. The Bertz CT molecular complexity index is 1140. The van der Waals surface area contributed by atoms with E-state index in [1.54, 1.807) is 22.8 Å². The molecule has 6 nitrogen and oxygen atoms in total. The molecule has 1 unspecified atom stereocenters. The number of ether oxygens (including phenoxy) is 1. The van der Waals surface area contributed by atoms with Crippen molar-refractivity contribution in [2.75, 3.05) is 13.2 Å². The van der Waals surface area contributed by atoms with Crippen molar-refractivity contribution in [3.8, 4) is 0 Å². The molecule has 3 aromatic rings. The smallest absolute Gasteiger partial charge is 0.262 e. The Morgan fingerprint density at radius 3 is 2.78 bits per heavy atom. The molecule has 1 saturated heterocycles. The lowest BCUT2D eigenvalue weighted by Gasteiger charge is -2.17. The number of hydrogen-bond donors (Lipinski definition) is 1.